The topological polar surface area (TPSA) is 89.4 Å². The van der Waals surface area contributed by atoms with Gasteiger partial charge in [-0.1, -0.05) is 6.07 Å². The molecule has 0 saturated carbocycles. The Kier molecular flexibility index (Phi) is 4.52. The van der Waals surface area contributed by atoms with Gasteiger partial charge in [0.15, 0.2) is 0 Å². The van der Waals surface area contributed by atoms with Gasteiger partial charge in [0, 0.05) is 10.5 Å². The van der Waals surface area contributed by atoms with Crippen LogP contribution >= 0.6 is 23.1 Å². The first-order chi connectivity index (χ1) is 9.40. The maximum atomic E-state index is 10.9. The largest absolute Gasteiger partial charge is 0.480 e. The Morgan fingerprint density at radius 2 is 2.40 bits per heavy atom. The third-order valence-corrected chi connectivity index (χ3v) is 5.19. The molecule has 0 aliphatic heterocycles. The zero-order valence-corrected chi connectivity index (χ0v) is 12.8. The van der Waals surface area contributed by atoms with Crippen molar-refractivity contribution in [1.29, 1.82) is 0 Å². The highest BCUT2D eigenvalue weighted by molar-refractivity contribution is 7.99. The van der Waals surface area contributed by atoms with E-state index in [4.69, 9.17) is 15.3 Å². The number of oxazole rings is 1. The van der Waals surface area contributed by atoms with Crippen molar-refractivity contribution in [2.45, 2.75) is 30.4 Å². The number of carboxylic acid groups (broad SMARTS) is 1. The predicted molar refractivity (Wildman–Crippen MR) is 80.8 cm³/mol. The second kappa shape index (κ2) is 5.99. The molecule has 0 spiro atoms. The van der Waals surface area contributed by atoms with Gasteiger partial charge in [0.05, 0.1) is 10.6 Å². The molecule has 0 saturated heterocycles. The van der Waals surface area contributed by atoms with Crippen molar-refractivity contribution < 1.29 is 14.3 Å². The molecule has 20 heavy (non-hydrogen) atoms. The van der Waals surface area contributed by atoms with Gasteiger partial charge in [0.2, 0.25) is 5.89 Å². The van der Waals surface area contributed by atoms with Crippen LogP contribution in [0.2, 0.25) is 0 Å². The van der Waals surface area contributed by atoms with Crippen LogP contribution in [0.3, 0.4) is 0 Å². The number of thiophene rings is 1. The molecule has 0 fully saturated rings. The minimum atomic E-state index is -0.998. The quantitative estimate of drug-likeness (QED) is 0.852. The summed E-state index contributed by atoms with van der Waals surface area (Å²) in [7, 11) is 0. The second-order valence-corrected chi connectivity index (χ2v) is 7.41. The van der Waals surface area contributed by atoms with Gasteiger partial charge in [-0.25, -0.2) is 4.98 Å². The van der Waals surface area contributed by atoms with Crippen molar-refractivity contribution in [1.82, 2.24) is 4.98 Å². The van der Waals surface area contributed by atoms with Crippen LogP contribution in [0.25, 0.3) is 10.8 Å². The molecule has 108 valence electrons. The molecule has 3 N–H and O–H groups in total. The number of rotatable bonds is 6. The number of carbonyl (C=O) groups is 1. The summed E-state index contributed by atoms with van der Waals surface area (Å²) in [6, 6.07) is 2.96. The lowest BCUT2D eigenvalue weighted by atomic mass is 10.1. The molecule has 2 aromatic heterocycles. The highest BCUT2D eigenvalue weighted by Crippen LogP contribution is 2.31. The molecule has 7 heteroatoms. The van der Waals surface area contributed by atoms with Crippen LogP contribution < -0.4 is 5.73 Å². The summed E-state index contributed by atoms with van der Waals surface area (Å²) in [6.45, 7) is 3.63. The van der Waals surface area contributed by atoms with Gasteiger partial charge in [-0.2, -0.15) is 0 Å². The molecular formula is C13H16N2O3S2. The number of hydrogen-bond acceptors (Lipinski definition) is 6. The van der Waals surface area contributed by atoms with E-state index >= 15 is 0 Å². The smallest absolute Gasteiger partial charge is 0.321 e. The Morgan fingerprint density at radius 3 is 3.00 bits per heavy atom. The molecule has 0 amide bonds. The van der Waals surface area contributed by atoms with Crippen molar-refractivity contribution >= 4 is 29.1 Å². The van der Waals surface area contributed by atoms with E-state index < -0.39 is 16.8 Å². The van der Waals surface area contributed by atoms with Crippen molar-refractivity contribution in [2.75, 3.05) is 0 Å². The maximum Gasteiger partial charge on any atom is 0.321 e. The van der Waals surface area contributed by atoms with Crippen LogP contribution in [0, 0.1) is 0 Å². The SMILES string of the molecule is CC(C)(SCc1coc(-c2cccs2)n1)[C@H](N)C(=O)O. The summed E-state index contributed by atoms with van der Waals surface area (Å²) >= 11 is 3.01. The first kappa shape index (κ1) is 15.1. The third-order valence-electron chi connectivity index (χ3n) is 2.89. The molecule has 1 atom stereocenters. The molecule has 0 aliphatic rings. The van der Waals surface area contributed by atoms with Gasteiger partial charge in [-0.3, -0.25) is 4.79 Å². The van der Waals surface area contributed by atoms with Crippen LogP contribution in [0.5, 0.6) is 0 Å². The van der Waals surface area contributed by atoms with E-state index in [9.17, 15) is 4.79 Å². The van der Waals surface area contributed by atoms with Gasteiger partial charge >= 0.3 is 5.97 Å². The molecular weight excluding hydrogens is 296 g/mol. The molecule has 0 aliphatic carbocycles. The van der Waals surface area contributed by atoms with Crippen molar-refractivity contribution in [2.24, 2.45) is 5.73 Å². The lowest BCUT2D eigenvalue weighted by Gasteiger charge is -2.27. The number of hydrogen-bond donors (Lipinski definition) is 2. The lowest BCUT2D eigenvalue weighted by Crippen LogP contribution is -2.46. The van der Waals surface area contributed by atoms with Crippen molar-refractivity contribution in [3.8, 4) is 10.8 Å². The summed E-state index contributed by atoms with van der Waals surface area (Å²) in [6.07, 6.45) is 1.60. The molecule has 2 aromatic rings. The number of aliphatic carboxylic acids is 1. The predicted octanol–water partition coefficient (Wildman–Crippen LogP) is 2.83. The number of nitrogens with two attached hydrogens (primary N) is 1. The summed E-state index contributed by atoms with van der Waals surface area (Å²) in [5, 5.41) is 10.9. The molecule has 2 heterocycles. The van der Waals surface area contributed by atoms with Crippen LogP contribution in [0.4, 0.5) is 0 Å². The molecule has 0 unspecified atom stereocenters. The highest BCUT2D eigenvalue weighted by atomic mass is 32.2. The van der Waals surface area contributed by atoms with E-state index in [0.29, 0.717) is 11.6 Å². The molecule has 2 rings (SSSR count). The minimum absolute atomic E-state index is 0.558. The van der Waals surface area contributed by atoms with Gasteiger partial charge in [0.25, 0.3) is 0 Å². The first-order valence-corrected chi connectivity index (χ1v) is 7.87. The Bertz CT molecular complexity index is 578. The average molecular weight is 312 g/mol. The van der Waals surface area contributed by atoms with Crippen LogP contribution in [0.1, 0.15) is 19.5 Å². The minimum Gasteiger partial charge on any atom is -0.480 e. The van der Waals surface area contributed by atoms with Gasteiger partial charge in [-0.15, -0.1) is 23.1 Å². The highest BCUT2D eigenvalue weighted by Gasteiger charge is 2.32. The standard InChI is InChI=1S/C13H16N2O3S2/c1-13(2,10(14)12(16)17)20-7-8-6-18-11(15-8)9-4-3-5-19-9/h3-6,10H,7,14H2,1-2H3,(H,16,17)/t10-/m1/s1. The number of carboxylic acids is 1. The Morgan fingerprint density at radius 1 is 1.65 bits per heavy atom. The summed E-state index contributed by atoms with van der Waals surface area (Å²) in [5.74, 6) is 0.154. The summed E-state index contributed by atoms with van der Waals surface area (Å²) < 4.78 is 4.85. The van der Waals surface area contributed by atoms with Crippen LogP contribution in [-0.4, -0.2) is 26.8 Å². The van der Waals surface area contributed by atoms with E-state index in [1.54, 1.807) is 17.6 Å². The van der Waals surface area contributed by atoms with E-state index in [1.165, 1.54) is 11.8 Å². The van der Waals surface area contributed by atoms with Crippen LogP contribution in [0.15, 0.2) is 28.2 Å². The second-order valence-electron chi connectivity index (χ2n) is 4.83. The third kappa shape index (κ3) is 3.41. The van der Waals surface area contributed by atoms with Crippen molar-refractivity contribution in [3.63, 3.8) is 0 Å². The summed E-state index contributed by atoms with van der Waals surface area (Å²) in [4.78, 5) is 16.3. The van der Waals surface area contributed by atoms with Crippen LogP contribution in [-0.2, 0) is 10.5 Å². The van der Waals surface area contributed by atoms with Gasteiger partial charge < -0.3 is 15.3 Å². The fourth-order valence-corrected chi connectivity index (χ4v) is 3.12. The number of thioether (sulfide) groups is 1. The van der Waals surface area contributed by atoms with Gasteiger partial charge in [-0.05, 0) is 25.3 Å². The molecule has 0 bridgehead atoms. The van der Waals surface area contributed by atoms with E-state index in [0.717, 1.165) is 10.6 Å². The Hall–Kier alpha value is -1.31. The zero-order chi connectivity index (χ0) is 14.8. The van der Waals surface area contributed by atoms with Crippen molar-refractivity contribution in [3.05, 3.63) is 29.5 Å². The fourth-order valence-electron chi connectivity index (χ4n) is 1.53. The monoisotopic (exact) mass is 312 g/mol. The molecule has 0 radical (unpaired) electrons. The fraction of sp³-hybridized carbons (Fsp3) is 0.385. The number of nitrogens with zero attached hydrogens (tertiary/aromatic N) is 1. The Balaban J connectivity index is 2.00. The zero-order valence-electron chi connectivity index (χ0n) is 11.2. The molecule has 0 aromatic carbocycles. The number of aromatic nitrogens is 1. The van der Waals surface area contributed by atoms with E-state index in [-0.39, 0.29) is 0 Å². The Labute approximate surface area is 125 Å². The average Bonchev–Trinajstić information content (AvgIpc) is 3.05. The lowest BCUT2D eigenvalue weighted by molar-refractivity contribution is -0.139. The van der Waals surface area contributed by atoms with E-state index in [2.05, 4.69) is 4.98 Å². The maximum absolute atomic E-state index is 10.9. The normalized spacial score (nSPS) is 13.3. The van der Waals surface area contributed by atoms with Gasteiger partial charge in [0.1, 0.15) is 12.3 Å². The molecule has 5 nitrogen and oxygen atoms in total. The van der Waals surface area contributed by atoms with E-state index in [1.807, 2.05) is 31.4 Å². The summed E-state index contributed by atoms with van der Waals surface area (Å²) in [5.41, 5.74) is 6.46. The first-order valence-electron chi connectivity index (χ1n) is 6.01.